The zero-order valence-electron chi connectivity index (χ0n) is 12.2. The lowest BCUT2D eigenvalue weighted by Crippen LogP contribution is -2.25. The van der Waals surface area contributed by atoms with Gasteiger partial charge in [0.1, 0.15) is 0 Å². The number of nitrogens with one attached hydrogen (secondary N) is 1. The summed E-state index contributed by atoms with van der Waals surface area (Å²) < 4.78 is 11.9. The van der Waals surface area contributed by atoms with Crippen molar-refractivity contribution in [2.45, 2.75) is 40.2 Å². The molecule has 0 saturated carbocycles. The number of aryl methyl sites for hydroxylation is 3. The Morgan fingerprint density at radius 1 is 1.22 bits per heavy atom. The van der Waals surface area contributed by atoms with E-state index in [1.165, 1.54) is 22.3 Å². The molecule has 0 bridgehead atoms. The van der Waals surface area contributed by atoms with Gasteiger partial charge in [0, 0.05) is 28.3 Å². The molecule has 0 spiro atoms. The van der Waals surface area contributed by atoms with Crippen molar-refractivity contribution >= 4 is 10.8 Å². The fourth-order valence-corrected chi connectivity index (χ4v) is 3.88. The third kappa shape index (κ3) is 3.92. The first-order valence-corrected chi connectivity index (χ1v) is 8.08. The number of hydrogen-bond donors (Lipinski definition) is 1. The first-order valence-electron chi connectivity index (χ1n) is 6.59. The summed E-state index contributed by atoms with van der Waals surface area (Å²) in [5, 5.41) is 3.32. The van der Waals surface area contributed by atoms with Crippen LogP contribution in [0.3, 0.4) is 0 Å². The number of rotatable bonds is 6. The van der Waals surface area contributed by atoms with Gasteiger partial charge >= 0.3 is 0 Å². The third-order valence-corrected chi connectivity index (χ3v) is 4.79. The van der Waals surface area contributed by atoms with Crippen LogP contribution in [0.2, 0.25) is 0 Å². The summed E-state index contributed by atoms with van der Waals surface area (Å²) in [5.74, 6) is 1.50. The van der Waals surface area contributed by atoms with Crippen LogP contribution >= 0.6 is 0 Å². The van der Waals surface area contributed by atoms with Crippen LogP contribution in [0.4, 0.5) is 0 Å². The lowest BCUT2D eigenvalue weighted by atomic mass is 9.95. The van der Waals surface area contributed by atoms with Gasteiger partial charge < -0.3 is 5.32 Å². The minimum Gasteiger partial charge on any atom is -0.312 e. The molecule has 0 amide bonds. The van der Waals surface area contributed by atoms with Crippen LogP contribution in [0, 0.1) is 20.8 Å². The normalized spacial score (nSPS) is 14.5. The predicted molar refractivity (Wildman–Crippen MR) is 80.6 cm³/mol. The number of hydrogen-bond acceptors (Lipinski definition) is 2. The van der Waals surface area contributed by atoms with Crippen molar-refractivity contribution in [3.63, 3.8) is 0 Å². The molecule has 0 radical (unpaired) electrons. The van der Waals surface area contributed by atoms with E-state index in [0.717, 1.165) is 12.2 Å². The van der Waals surface area contributed by atoms with Crippen LogP contribution in [0.5, 0.6) is 0 Å². The molecule has 1 rings (SSSR count). The van der Waals surface area contributed by atoms with E-state index in [4.69, 9.17) is 0 Å². The van der Waals surface area contributed by atoms with Crippen LogP contribution in [0.1, 0.15) is 41.6 Å². The van der Waals surface area contributed by atoms with Crippen LogP contribution in [0.15, 0.2) is 12.1 Å². The summed E-state index contributed by atoms with van der Waals surface area (Å²) in [5.41, 5.74) is 5.19. The fraction of sp³-hybridized carbons (Fsp3) is 0.600. The Bertz CT molecular complexity index is 405. The van der Waals surface area contributed by atoms with Crippen molar-refractivity contribution < 1.29 is 4.21 Å². The van der Waals surface area contributed by atoms with Crippen molar-refractivity contribution in [3.8, 4) is 0 Å². The molecule has 0 heterocycles. The van der Waals surface area contributed by atoms with Crippen molar-refractivity contribution in [2.24, 2.45) is 0 Å². The lowest BCUT2D eigenvalue weighted by Gasteiger charge is -2.21. The Kier molecular flexibility index (Phi) is 6.03. The Morgan fingerprint density at radius 2 is 1.78 bits per heavy atom. The minimum atomic E-state index is -0.735. The predicted octanol–water partition coefficient (Wildman–Crippen LogP) is 3.03. The van der Waals surface area contributed by atoms with Crippen LogP contribution < -0.4 is 5.32 Å². The first-order chi connectivity index (χ1) is 8.49. The minimum absolute atomic E-state index is 0.193. The summed E-state index contributed by atoms with van der Waals surface area (Å²) in [6, 6.07) is 4.60. The molecule has 3 heteroatoms. The molecule has 0 aliphatic heterocycles. The maximum atomic E-state index is 11.9. The largest absolute Gasteiger partial charge is 0.312 e. The topological polar surface area (TPSA) is 29.1 Å². The number of benzene rings is 1. The Morgan fingerprint density at radius 3 is 2.22 bits per heavy atom. The second-order valence-electron chi connectivity index (χ2n) is 4.96. The summed E-state index contributed by atoms with van der Waals surface area (Å²) in [7, 11) is 1.22. The Labute approximate surface area is 114 Å². The quantitative estimate of drug-likeness (QED) is 0.858. The smallest absolute Gasteiger partial charge is 0.0439 e. The van der Waals surface area contributed by atoms with Gasteiger partial charge in [-0.15, -0.1) is 0 Å². The highest BCUT2D eigenvalue weighted by Crippen LogP contribution is 2.24. The van der Waals surface area contributed by atoms with Crippen molar-refractivity contribution in [1.82, 2.24) is 5.32 Å². The van der Waals surface area contributed by atoms with Gasteiger partial charge in [0.05, 0.1) is 0 Å². The third-order valence-electron chi connectivity index (χ3n) is 3.22. The maximum absolute atomic E-state index is 11.9. The van der Waals surface area contributed by atoms with E-state index in [2.05, 4.69) is 45.1 Å². The molecule has 0 aromatic heterocycles. The van der Waals surface area contributed by atoms with Gasteiger partial charge in [-0.25, -0.2) is 0 Å². The van der Waals surface area contributed by atoms with Crippen LogP contribution in [0.25, 0.3) is 0 Å². The van der Waals surface area contributed by atoms with Gasteiger partial charge in [0.2, 0.25) is 0 Å². The van der Waals surface area contributed by atoms with Gasteiger partial charge in [-0.3, -0.25) is 4.21 Å². The fourth-order valence-electron chi connectivity index (χ4n) is 2.55. The molecule has 1 N–H and O–H groups in total. The summed E-state index contributed by atoms with van der Waals surface area (Å²) in [6.45, 7) is 8.48. The van der Waals surface area contributed by atoms with Gasteiger partial charge in [0.15, 0.2) is 0 Å². The van der Waals surface area contributed by atoms with E-state index in [9.17, 15) is 4.21 Å². The van der Waals surface area contributed by atoms with E-state index in [0.29, 0.717) is 5.75 Å². The second-order valence-corrected chi connectivity index (χ2v) is 6.59. The summed E-state index contributed by atoms with van der Waals surface area (Å²) in [4.78, 5) is 0. The van der Waals surface area contributed by atoms with E-state index in [-0.39, 0.29) is 6.04 Å². The average molecular weight is 267 g/mol. The molecule has 2 atom stereocenters. The zero-order valence-corrected chi connectivity index (χ0v) is 13.0. The van der Waals surface area contributed by atoms with E-state index < -0.39 is 10.8 Å². The zero-order chi connectivity index (χ0) is 13.7. The lowest BCUT2D eigenvalue weighted by molar-refractivity contribution is 0.630. The molecule has 1 aromatic carbocycles. The summed E-state index contributed by atoms with van der Waals surface area (Å²) >= 11 is 0. The molecule has 0 aliphatic carbocycles. The van der Waals surface area contributed by atoms with Crippen molar-refractivity contribution in [2.75, 3.05) is 18.6 Å². The van der Waals surface area contributed by atoms with Crippen LogP contribution in [-0.2, 0) is 10.8 Å². The molecule has 0 saturated heterocycles. The maximum Gasteiger partial charge on any atom is 0.0439 e. The van der Waals surface area contributed by atoms with Crippen molar-refractivity contribution in [3.05, 3.63) is 34.4 Å². The Balaban J connectivity index is 2.98. The molecule has 0 fully saturated rings. The molecule has 102 valence electrons. The molecular weight excluding hydrogens is 242 g/mol. The standard InChI is InChI=1S/C15H25NOS/c1-6-7-18(17)10-14(16-5)15-12(3)8-11(2)9-13(15)4/h8-9,14,16H,6-7,10H2,1-5H3. The van der Waals surface area contributed by atoms with Gasteiger partial charge in [0.25, 0.3) is 0 Å². The molecule has 2 nitrogen and oxygen atoms in total. The molecule has 2 unspecified atom stereocenters. The highest BCUT2D eigenvalue weighted by molar-refractivity contribution is 7.85. The molecule has 0 aliphatic rings. The van der Waals surface area contributed by atoms with E-state index in [1.807, 2.05) is 7.05 Å². The van der Waals surface area contributed by atoms with Gasteiger partial charge in [-0.2, -0.15) is 0 Å². The molecular formula is C15H25NOS. The molecule has 18 heavy (non-hydrogen) atoms. The monoisotopic (exact) mass is 267 g/mol. The Hall–Kier alpha value is -0.670. The van der Waals surface area contributed by atoms with Crippen molar-refractivity contribution in [1.29, 1.82) is 0 Å². The molecule has 1 aromatic rings. The highest BCUT2D eigenvalue weighted by atomic mass is 32.2. The van der Waals surface area contributed by atoms with Crippen LogP contribution in [-0.4, -0.2) is 22.8 Å². The first kappa shape index (κ1) is 15.4. The SMILES string of the molecule is CCCS(=O)CC(NC)c1c(C)cc(C)cc1C. The van der Waals surface area contributed by atoms with E-state index >= 15 is 0 Å². The summed E-state index contributed by atoms with van der Waals surface area (Å²) in [6.07, 6.45) is 0.981. The van der Waals surface area contributed by atoms with Gasteiger partial charge in [-0.1, -0.05) is 24.6 Å². The average Bonchev–Trinajstić information content (AvgIpc) is 2.26. The highest BCUT2D eigenvalue weighted by Gasteiger charge is 2.17. The second kappa shape index (κ2) is 7.05. The van der Waals surface area contributed by atoms with Gasteiger partial charge in [-0.05, 0) is 50.9 Å². The van der Waals surface area contributed by atoms with E-state index in [1.54, 1.807) is 0 Å².